The van der Waals surface area contributed by atoms with Gasteiger partial charge in [0.15, 0.2) is 23.3 Å². The van der Waals surface area contributed by atoms with Crippen molar-refractivity contribution in [1.29, 1.82) is 0 Å². The first-order valence-corrected chi connectivity index (χ1v) is 30.7. The van der Waals surface area contributed by atoms with Crippen LogP contribution >= 0.6 is 0 Å². The lowest BCUT2D eigenvalue weighted by atomic mass is 9.97. The molecule has 13 heteroatoms. The lowest BCUT2D eigenvalue weighted by molar-refractivity contribution is 0.316. The normalized spacial score (nSPS) is 11.4. The largest absolute Gasteiger partial charge is 0.247 e. The zero-order valence-electron chi connectivity index (χ0n) is 50.0. The molecule has 18 rings (SSSR count). The number of hydrogen-bond acceptors (Lipinski definition) is 13. The highest BCUT2D eigenvalue weighted by atomic mass is 16.6. The predicted octanol–water partition coefficient (Wildman–Crippen LogP) is 19.5. The average Bonchev–Trinajstić information content (AvgIpc) is 1.17. The van der Waals surface area contributed by atoms with E-state index in [2.05, 4.69) is 160 Å². The molecule has 0 saturated carbocycles. The van der Waals surface area contributed by atoms with Gasteiger partial charge in [0.2, 0.25) is 0 Å². The van der Waals surface area contributed by atoms with Gasteiger partial charge in [-0.15, -0.1) is 0 Å². The molecule has 0 amide bonds. The minimum absolute atomic E-state index is 0.630. The van der Waals surface area contributed by atoms with Crippen LogP contribution in [0.2, 0.25) is 0 Å². The lowest BCUT2D eigenvalue weighted by Crippen LogP contribution is -2.00. The molecule has 0 aliphatic carbocycles. The maximum absolute atomic E-state index is 5.09. The maximum Gasteiger partial charge on any atom is 0.164 e. The molecule has 6 aromatic heterocycles. The maximum atomic E-state index is 5.09. The number of aromatic nitrogens is 11. The zero-order chi connectivity index (χ0) is 62.3. The molecule has 440 valence electrons. The second kappa shape index (κ2) is 23.7. The van der Waals surface area contributed by atoms with Crippen LogP contribution in [-0.2, 0) is 0 Å². The Bertz CT molecular complexity index is 5340. The number of pyridine rings is 2. The van der Waals surface area contributed by atoms with E-state index in [-0.39, 0.29) is 0 Å². The van der Waals surface area contributed by atoms with Crippen LogP contribution < -0.4 is 0 Å². The van der Waals surface area contributed by atoms with Crippen LogP contribution in [-0.4, -0.2) is 55.5 Å². The van der Waals surface area contributed by atoms with E-state index < -0.39 is 0 Å². The molecule has 0 unspecified atom stereocenters. The summed E-state index contributed by atoms with van der Waals surface area (Å²) < 4.78 is 10.2. The fourth-order valence-electron chi connectivity index (χ4n) is 12.3. The molecular formula is C81H49N11O2. The molecule has 0 saturated heterocycles. The summed E-state index contributed by atoms with van der Waals surface area (Å²) in [5.41, 5.74) is 20.7. The molecule has 18 aromatic rings. The zero-order valence-corrected chi connectivity index (χ0v) is 50.0. The number of benzene rings is 12. The summed E-state index contributed by atoms with van der Waals surface area (Å²) >= 11 is 0. The van der Waals surface area contributed by atoms with Crippen LogP contribution in [0.3, 0.4) is 0 Å². The summed E-state index contributed by atoms with van der Waals surface area (Å²) in [5, 5.41) is 22.7. The Morgan fingerprint density at radius 1 is 0.191 bits per heavy atom. The summed E-state index contributed by atoms with van der Waals surface area (Å²) in [4.78, 5) is 34.6. The van der Waals surface area contributed by atoms with E-state index in [0.717, 1.165) is 155 Å². The van der Waals surface area contributed by atoms with Crippen LogP contribution in [0.5, 0.6) is 0 Å². The van der Waals surface area contributed by atoms with Crippen molar-refractivity contribution in [1.82, 2.24) is 55.5 Å². The quantitative estimate of drug-likeness (QED) is 0.119. The molecule has 0 aliphatic heterocycles. The van der Waals surface area contributed by atoms with Crippen LogP contribution in [0.15, 0.2) is 307 Å². The second-order valence-electron chi connectivity index (χ2n) is 22.7. The van der Waals surface area contributed by atoms with Gasteiger partial charge < -0.3 is 0 Å². The fourth-order valence-corrected chi connectivity index (χ4v) is 12.3. The Morgan fingerprint density at radius 3 is 0.883 bits per heavy atom. The molecule has 6 heterocycles. The Labute approximate surface area is 537 Å². The van der Waals surface area contributed by atoms with Crippen molar-refractivity contribution in [2.24, 2.45) is 0 Å². The monoisotopic (exact) mass is 1210 g/mol. The number of nitrogens with zero attached hydrogens (tertiary/aromatic N) is 11. The first-order chi connectivity index (χ1) is 46.6. The number of para-hydroxylation sites is 2. The van der Waals surface area contributed by atoms with Crippen molar-refractivity contribution in [3.05, 3.63) is 297 Å². The SMILES string of the molecule is c1ccc(-c2cc(-c3ccc(-c4ccc(-c5nc6ccccc6c6c5ccc5nonc56)cc4)cc3)nc(-c3ccccc3)n2)cc1.c1ccc(-c2nc(-c3ccccc3)nc(-c3ccc(-c4ccc(-c5nc6ccccc6c6c5ccc5nonc56)cc4)cc3)n2)cc1. The molecule has 0 N–H and O–H groups in total. The molecule has 0 spiro atoms. The third-order valence-electron chi connectivity index (χ3n) is 17.0. The van der Waals surface area contributed by atoms with Crippen LogP contribution in [0, 0.1) is 0 Å². The van der Waals surface area contributed by atoms with Gasteiger partial charge >= 0.3 is 0 Å². The van der Waals surface area contributed by atoms with E-state index >= 15 is 0 Å². The summed E-state index contributed by atoms with van der Waals surface area (Å²) in [7, 11) is 0. The van der Waals surface area contributed by atoms with Gasteiger partial charge in [-0.2, -0.15) is 0 Å². The molecule has 0 fully saturated rings. The van der Waals surface area contributed by atoms with E-state index in [1.165, 1.54) is 0 Å². The van der Waals surface area contributed by atoms with E-state index in [4.69, 9.17) is 44.1 Å². The number of fused-ring (bicyclic) bond motifs is 10. The predicted molar refractivity (Wildman–Crippen MR) is 373 cm³/mol. The van der Waals surface area contributed by atoms with Gasteiger partial charge in [0.1, 0.15) is 22.1 Å². The Morgan fingerprint density at radius 2 is 0.489 bits per heavy atom. The van der Waals surface area contributed by atoms with E-state index in [1.807, 2.05) is 158 Å². The van der Waals surface area contributed by atoms with Crippen LogP contribution in [0.25, 0.3) is 178 Å². The van der Waals surface area contributed by atoms with Crippen LogP contribution in [0.1, 0.15) is 0 Å². The molecule has 13 nitrogen and oxygen atoms in total. The standard InChI is InChI=1S/C41H25N5O.C40H24N6O/c1-3-9-28(10-4-1)36-25-37(44-41(43-36)31-11-5-2-6-12-31)29-19-15-26(16-20-29)27-17-21-30(22-18-27)39-33-23-24-35-40(46-47-45-35)38(33)32-13-7-8-14-34(32)42-39;1-3-9-28(10-4-1)38-42-39(29-11-5-2-6-12-29)44-40(43-38)30-21-17-26(18-22-30)25-15-19-27(20-16-25)36-32-23-24-34-37(46-47-45-34)35(32)31-13-7-8-14-33(31)41-36/h1-25H;1-24H. The van der Waals surface area contributed by atoms with Crippen molar-refractivity contribution in [3.63, 3.8) is 0 Å². The highest BCUT2D eigenvalue weighted by molar-refractivity contribution is 6.21. The first kappa shape index (κ1) is 55.0. The highest BCUT2D eigenvalue weighted by Gasteiger charge is 2.20. The second-order valence-corrected chi connectivity index (χ2v) is 22.7. The Kier molecular flexibility index (Phi) is 13.8. The Hall–Kier alpha value is -13.1. The van der Waals surface area contributed by atoms with E-state index in [0.29, 0.717) is 23.3 Å². The number of hydrogen-bond donors (Lipinski definition) is 0. The topological polar surface area (TPSA) is 168 Å². The van der Waals surface area contributed by atoms with Crippen molar-refractivity contribution in [2.45, 2.75) is 0 Å². The van der Waals surface area contributed by atoms with Gasteiger partial charge in [-0.1, -0.05) is 255 Å². The van der Waals surface area contributed by atoms with Crippen molar-refractivity contribution in [2.75, 3.05) is 0 Å². The minimum atomic E-state index is 0.630. The van der Waals surface area contributed by atoms with E-state index in [1.54, 1.807) is 0 Å². The minimum Gasteiger partial charge on any atom is -0.247 e. The summed E-state index contributed by atoms with van der Waals surface area (Å²) in [6.07, 6.45) is 0. The molecule has 0 aliphatic rings. The summed E-state index contributed by atoms with van der Waals surface area (Å²) in [6, 6.07) is 101. The smallest absolute Gasteiger partial charge is 0.164 e. The molecular weight excluding hydrogens is 1160 g/mol. The molecule has 12 aromatic carbocycles. The first-order valence-electron chi connectivity index (χ1n) is 30.7. The highest BCUT2D eigenvalue weighted by Crippen LogP contribution is 2.40. The van der Waals surface area contributed by atoms with Crippen LogP contribution in [0.4, 0.5) is 0 Å². The average molecular weight is 1210 g/mol. The molecule has 0 atom stereocenters. The van der Waals surface area contributed by atoms with Gasteiger partial charge in [-0.05, 0) is 85.3 Å². The summed E-state index contributed by atoms with van der Waals surface area (Å²) in [6.45, 7) is 0. The lowest BCUT2D eigenvalue weighted by Gasteiger charge is -2.11. The van der Waals surface area contributed by atoms with Crippen molar-refractivity contribution >= 4 is 65.4 Å². The van der Waals surface area contributed by atoms with Crippen molar-refractivity contribution < 1.29 is 9.26 Å². The Balaban J connectivity index is 0.000000143. The molecule has 0 radical (unpaired) electrons. The van der Waals surface area contributed by atoms with Gasteiger partial charge in [0.25, 0.3) is 0 Å². The summed E-state index contributed by atoms with van der Waals surface area (Å²) in [5.74, 6) is 2.62. The van der Waals surface area contributed by atoms with Gasteiger partial charge in [0, 0.05) is 76.8 Å². The third kappa shape index (κ3) is 10.4. The van der Waals surface area contributed by atoms with Gasteiger partial charge in [0.05, 0.1) is 33.8 Å². The van der Waals surface area contributed by atoms with Gasteiger partial charge in [-0.3, -0.25) is 0 Å². The van der Waals surface area contributed by atoms with Gasteiger partial charge in [-0.25, -0.2) is 44.1 Å². The van der Waals surface area contributed by atoms with Crippen molar-refractivity contribution in [3.8, 4) is 113 Å². The number of rotatable bonds is 10. The fraction of sp³-hybridized carbons (Fsp3) is 0. The molecule has 94 heavy (non-hydrogen) atoms. The van der Waals surface area contributed by atoms with E-state index in [9.17, 15) is 0 Å². The molecule has 0 bridgehead atoms. The third-order valence-corrected chi connectivity index (χ3v) is 17.0.